The summed E-state index contributed by atoms with van der Waals surface area (Å²) in [5, 5.41) is 0. The average molecular weight is 218 g/mol. The van der Waals surface area contributed by atoms with Gasteiger partial charge in [-0.2, -0.15) is 0 Å². The Labute approximate surface area is 98.5 Å². The van der Waals surface area contributed by atoms with E-state index in [1.54, 1.807) is 11.8 Å². The number of furan rings is 1. The summed E-state index contributed by atoms with van der Waals surface area (Å²) >= 11 is 0. The van der Waals surface area contributed by atoms with Gasteiger partial charge in [-0.3, -0.25) is 0 Å². The first-order valence-corrected chi connectivity index (χ1v) is 6.31. The lowest BCUT2D eigenvalue weighted by atomic mass is 9.68. The molecule has 0 saturated heterocycles. The van der Waals surface area contributed by atoms with Crippen LogP contribution in [0.3, 0.4) is 0 Å². The Bertz CT molecular complexity index is 357. The molecule has 16 heavy (non-hydrogen) atoms. The molecule has 1 fully saturated rings. The van der Waals surface area contributed by atoms with Crippen molar-refractivity contribution < 1.29 is 4.42 Å². The first kappa shape index (κ1) is 11.5. The topological polar surface area (TPSA) is 13.1 Å². The fourth-order valence-electron chi connectivity index (χ4n) is 2.93. The van der Waals surface area contributed by atoms with Crippen molar-refractivity contribution in [1.82, 2.24) is 0 Å². The summed E-state index contributed by atoms with van der Waals surface area (Å²) < 4.78 is 5.10. The normalized spacial score (nSPS) is 27.2. The minimum Gasteiger partial charge on any atom is -0.472 e. The smallest absolute Gasteiger partial charge is 0.0937 e. The molecule has 0 unspecified atom stereocenters. The van der Waals surface area contributed by atoms with Crippen LogP contribution in [-0.2, 0) is 6.42 Å². The standard InChI is InChI=1S/C15H22O/c1-12-5-4-9-15(2,3)14(12)7-6-13-8-10-16-11-13/h7-8,10-12H,4-6,9H2,1-3H3/t12-/m1/s1. The minimum absolute atomic E-state index is 0.390. The van der Waals surface area contributed by atoms with Gasteiger partial charge in [0.1, 0.15) is 0 Å². The number of hydrogen-bond acceptors (Lipinski definition) is 1. The van der Waals surface area contributed by atoms with Crippen LogP contribution in [0.4, 0.5) is 0 Å². The van der Waals surface area contributed by atoms with Gasteiger partial charge in [0.25, 0.3) is 0 Å². The van der Waals surface area contributed by atoms with Gasteiger partial charge in [0.15, 0.2) is 0 Å². The third-order valence-electron chi connectivity index (χ3n) is 3.89. The minimum atomic E-state index is 0.390. The van der Waals surface area contributed by atoms with E-state index in [-0.39, 0.29) is 0 Å². The largest absolute Gasteiger partial charge is 0.472 e. The SMILES string of the molecule is C[C@@H]1CCCC(C)(C)C1=CCc1ccoc1. The predicted octanol–water partition coefficient (Wildman–Crippen LogP) is 4.59. The highest BCUT2D eigenvalue weighted by Gasteiger charge is 2.30. The second-order valence-corrected chi connectivity index (χ2v) is 5.67. The van der Waals surface area contributed by atoms with E-state index < -0.39 is 0 Å². The first-order valence-electron chi connectivity index (χ1n) is 6.31. The summed E-state index contributed by atoms with van der Waals surface area (Å²) in [4.78, 5) is 0. The van der Waals surface area contributed by atoms with Crippen molar-refractivity contribution in [2.75, 3.05) is 0 Å². The second kappa shape index (κ2) is 4.48. The molecule has 0 aliphatic heterocycles. The van der Waals surface area contributed by atoms with Crippen LogP contribution >= 0.6 is 0 Å². The second-order valence-electron chi connectivity index (χ2n) is 5.67. The first-order chi connectivity index (χ1) is 7.59. The van der Waals surface area contributed by atoms with Gasteiger partial charge in [0, 0.05) is 0 Å². The lowest BCUT2D eigenvalue weighted by Gasteiger charge is -2.37. The van der Waals surface area contributed by atoms with Crippen molar-refractivity contribution in [3.05, 3.63) is 35.8 Å². The molecular weight excluding hydrogens is 196 g/mol. The predicted molar refractivity (Wildman–Crippen MR) is 67.3 cm³/mol. The Morgan fingerprint density at radius 1 is 1.50 bits per heavy atom. The van der Waals surface area contributed by atoms with Gasteiger partial charge >= 0.3 is 0 Å². The molecule has 2 rings (SSSR count). The molecule has 88 valence electrons. The molecule has 0 spiro atoms. The third-order valence-corrected chi connectivity index (χ3v) is 3.89. The molecule has 1 saturated carbocycles. The van der Waals surface area contributed by atoms with Gasteiger partial charge in [-0.05, 0) is 42.2 Å². The molecule has 1 aliphatic rings. The van der Waals surface area contributed by atoms with Gasteiger partial charge in [-0.15, -0.1) is 0 Å². The van der Waals surface area contributed by atoms with Crippen molar-refractivity contribution in [2.24, 2.45) is 11.3 Å². The van der Waals surface area contributed by atoms with Crippen LogP contribution in [0, 0.1) is 11.3 Å². The fourth-order valence-corrected chi connectivity index (χ4v) is 2.93. The Morgan fingerprint density at radius 3 is 2.94 bits per heavy atom. The molecule has 1 heterocycles. The number of allylic oxidation sites excluding steroid dienone is 2. The average Bonchev–Trinajstić information content (AvgIpc) is 2.68. The molecule has 1 aromatic rings. The molecule has 1 atom stereocenters. The van der Waals surface area contributed by atoms with E-state index >= 15 is 0 Å². The van der Waals surface area contributed by atoms with Crippen LogP contribution < -0.4 is 0 Å². The summed E-state index contributed by atoms with van der Waals surface area (Å²) in [7, 11) is 0. The Kier molecular flexibility index (Phi) is 3.22. The Morgan fingerprint density at radius 2 is 2.31 bits per heavy atom. The van der Waals surface area contributed by atoms with Crippen molar-refractivity contribution in [3.8, 4) is 0 Å². The lowest BCUT2D eigenvalue weighted by Crippen LogP contribution is -2.25. The van der Waals surface area contributed by atoms with Crippen molar-refractivity contribution in [1.29, 1.82) is 0 Å². The summed E-state index contributed by atoms with van der Waals surface area (Å²) in [6.45, 7) is 7.12. The molecule has 0 amide bonds. The van der Waals surface area contributed by atoms with Crippen LogP contribution in [-0.4, -0.2) is 0 Å². The van der Waals surface area contributed by atoms with Crippen molar-refractivity contribution in [3.63, 3.8) is 0 Å². The molecule has 1 aromatic heterocycles. The zero-order valence-electron chi connectivity index (χ0n) is 10.6. The van der Waals surface area contributed by atoms with Gasteiger partial charge in [0.2, 0.25) is 0 Å². The monoisotopic (exact) mass is 218 g/mol. The Balaban J connectivity index is 2.13. The van der Waals surface area contributed by atoms with E-state index in [9.17, 15) is 0 Å². The van der Waals surface area contributed by atoms with Gasteiger partial charge < -0.3 is 4.42 Å². The van der Waals surface area contributed by atoms with Gasteiger partial charge in [-0.1, -0.05) is 38.8 Å². The highest BCUT2D eigenvalue weighted by atomic mass is 16.3. The number of hydrogen-bond donors (Lipinski definition) is 0. The van der Waals surface area contributed by atoms with Crippen LogP contribution in [0.1, 0.15) is 45.6 Å². The van der Waals surface area contributed by atoms with E-state index in [0.29, 0.717) is 5.41 Å². The quantitative estimate of drug-likeness (QED) is 0.661. The molecule has 0 aromatic carbocycles. The molecule has 0 bridgehead atoms. The third kappa shape index (κ3) is 2.40. The molecule has 1 aliphatic carbocycles. The molecule has 1 nitrogen and oxygen atoms in total. The van der Waals surface area contributed by atoms with E-state index in [1.165, 1.54) is 24.8 Å². The van der Waals surface area contributed by atoms with Crippen LogP contribution in [0.5, 0.6) is 0 Å². The Hall–Kier alpha value is -0.980. The summed E-state index contributed by atoms with van der Waals surface area (Å²) in [6, 6.07) is 2.05. The highest BCUT2D eigenvalue weighted by Crippen LogP contribution is 2.43. The zero-order valence-corrected chi connectivity index (χ0v) is 10.6. The zero-order chi connectivity index (χ0) is 11.6. The fraction of sp³-hybridized carbons (Fsp3) is 0.600. The van der Waals surface area contributed by atoms with Gasteiger partial charge in [-0.25, -0.2) is 0 Å². The van der Waals surface area contributed by atoms with Crippen molar-refractivity contribution >= 4 is 0 Å². The molecule has 0 N–H and O–H groups in total. The molecule has 0 radical (unpaired) electrons. The maximum Gasteiger partial charge on any atom is 0.0937 e. The maximum absolute atomic E-state index is 5.10. The van der Waals surface area contributed by atoms with E-state index in [1.807, 2.05) is 6.26 Å². The summed E-state index contributed by atoms with van der Waals surface area (Å²) in [5.41, 5.74) is 3.31. The van der Waals surface area contributed by atoms with Crippen molar-refractivity contribution in [2.45, 2.75) is 46.5 Å². The summed E-state index contributed by atoms with van der Waals surface area (Å²) in [5.74, 6) is 0.746. The maximum atomic E-state index is 5.10. The van der Waals surface area contributed by atoms with Crippen LogP contribution in [0.15, 0.2) is 34.7 Å². The van der Waals surface area contributed by atoms with Crippen LogP contribution in [0.25, 0.3) is 0 Å². The molecule has 1 heteroatoms. The van der Waals surface area contributed by atoms with E-state index in [4.69, 9.17) is 4.42 Å². The van der Waals surface area contributed by atoms with E-state index in [2.05, 4.69) is 32.9 Å². The highest BCUT2D eigenvalue weighted by molar-refractivity contribution is 5.21. The van der Waals surface area contributed by atoms with E-state index in [0.717, 1.165) is 12.3 Å². The summed E-state index contributed by atoms with van der Waals surface area (Å²) in [6.07, 6.45) is 11.1. The van der Waals surface area contributed by atoms with Gasteiger partial charge in [0.05, 0.1) is 12.5 Å². The van der Waals surface area contributed by atoms with Crippen LogP contribution in [0.2, 0.25) is 0 Å². The number of rotatable bonds is 2. The molecular formula is C15H22O. The lowest BCUT2D eigenvalue weighted by molar-refractivity contribution is 0.288.